The maximum absolute atomic E-state index is 10.7. The van der Waals surface area contributed by atoms with E-state index >= 15 is 0 Å². The minimum Gasteiger partial charge on any atom is -0.396 e. The van der Waals surface area contributed by atoms with Gasteiger partial charge in [0.1, 0.15) is 17.4 Å². The van der Waals surface area contributed by atoms with E-state index in [9.17, 15) is 15.3 Å². The largest absolute Gasteiger partial charge is 0.396 e. The third kappa shape index (κ3) is 1.37. The number of nitrogen functional groups attached to an aromatic ring is 1. The van der Waals surface area contributed by atoms with Gasteiger partial charge in [-0.1, -0.05) is 0 Å². The summed E-state index contributed by atoms with van der Waals surface area (Å²) >= 11 is 0. The van der Waals surface area contributed by atoms with E-state index in [4.69, 9.17) is 5.73 Å². The summed E-state index contributed by atoms with van der Waals surface area (Å²) in [5, 5.41) is 30.7. The first kappa shape index (κ1) is 12.9. The predicted octanol–water partition coefficient (Wildman–Crippen LogP) is -0.926. The number of hydrogen-bond acceptors (Lipinski definition) is 7. The van der Waals surface area contributed by atoms with Crippen molar-refractivity contribution in [1.29, 1.82) is 0 Å². The molecule has 2 aromatic rings. The zero-order chi connectivity index (χ0) is 15.0. The van der Waals surface area contributed by atoms with Gasteiger partial charge in [-0.25, -0.2) is 15.0 Å². The van der Waals surface area contributed by atoms with Gasteiger partial charge in [0.05, 0.1) is 25.1 Å². The van der Waals surface area contributed by atoms with Crippen LogP contribution in [0.15, 0.2) is 12.7 Å². The topological polar surface area (TPSA) is 130 Å². The average molecular weight is 291 g/mol. The van der Waals surface area contributed by atoms with E-state index < -0.39 is 23.2 Å². The molecule has 4 rings (SSSR count). The van der Waals surface area contributed by atoms with Crippen molar-refractivity contribution < 1.29 is 15.3 Å². The van der Waals surface area contributed by atoms with Crippen LogP contribution < -0.4 is 5.73 Å². The fourth-order valence-electron chi connectivity index (χ4n) is 4.06. The highest BCUT2D eigenvalue weighted by Gasteiger charge is 2.75. The van der Waals surface area contributed by atoms with Gasteiger partial charge in [-0.05, 0) is 19.3 Å². The second kappa shape index (κ2) is 3.70. The number of fused-ring (bicyclic) bond motifs is 2. The zero-order valence-electron chi connectivity index (χ0n) is 11.5. The Balaban J connectivity index is 1.88. The zero-order valence-corrected chi connectivity index (χ0v) is 11.5. The van der Waals surface area contributed by atoms with Crippen molar-refractivity contribution in [3.05, 3.63) is 12.7 Å². The average Bonchev–Trinajstić information content (AvgIpc) is 2.96. The monoisotopic (exact) mass is 291 g/mol. The van der Waals surface area contributed by atoms with Gasteiger partial charge in [0.25, 0.3) is 0 Å². The summed E-state index contributed by atoms with van der Waals surface area (Å²) in [4.78, 5) is 12.3. The normalized spacial score (nSPS) is 41.4. The highest BCUT2D eigenvalue weighted by molar-refractivity contribution is 5.81. The molecule has 2 heterocycles. The van der Waals surface area contributed by atoms with Crippen molar-refractivity contribution >= 4 is 17.0 Å². The van der Waals surface area contributed by atoms with Crippen LogP contribution in [0.4, 0.5) is 5.82 Å². The van der Waals surface area contributed by atoms with Crippen LogP contribution in [0.3, 0.4) is 0 Å². The van der Waals surface area contributed by atoms with Crippen molar-refractivity contribution in [3.8, 4) is 0 Å². The molecule has 5 N–H and O–H groups in total. The maximum Gasteiger partial charge on any atom is 0.165 e. The van der Waals surface area contributed by atoms with Crippen LogP contribution in [-0.4, -0.2) is 53.2 Å². The lowest BCUT2D eigenvalue weighted by atomic mass is 9.89. The number of nitrogens with two attached hydrogens (primary N) is 1. The Hall–Kier alpha value is -1.77. The van der Waals surface area contributed by atoms with Gasteiger partial charge in [-0.2, -0.15) is 0 Å². The molecule has 2 saturated carbocycles. The number of aliphatic hydroxyl groups excluding tert-OH is 2. The minimum absolute atomic E-state index is 0.0129. The molecule has 2 unspecified atom stereocenters. The first-order valence-electron chi connectivity index (χ1n) is 6.88. The predicted molar refractivity (Wildman–Crippen MR) is 73.0 cm³/mol. The second-order valence-electron chi connectivity index (χ2n) is 6.36. The van der Waals surface area contributed by atoms with E-state index in [2.05, 4.69) is 15.0 Å². The van der Waals surface area contributed by atoms with Gasteiger partial charge in [-0.3, -0.25) is 0 Å². The Labute approximate surface area is 120 Å². The van der Waals surface area contributed by atoms with Crippen LogP contribution >= 0.6 is 0 Å². The molecule has 8 heteroatoms. The van der Waals surface area contributed by atoms with Gasteiger partial charge < -0.3 is 25.6 Å². The molecule has 0 aliphatic heterocycles. The molecule has 0 radical (unpaired) electrons. The first-order valence-corrected chi connectivity index (χ1v) is 6.88. The smallest absolute Gasteiger partial charge is 0.165 e. The van der Waals surface area contributed by atoms with Crippen LogP contribution in [0, 0.1) is 11.3 Å². The van der Waals surface area contributed by atoms with E-state index in [0.717, 1.165) is 0 Å². The van der Waals surface area contributed by atoms with Gasteiger partial charge >= 0.3 is 0 Å². The van der Waals surface area contributed by atoms with E-state index in [-0.39, 0.29) is 18.3 Å². The van der Waals surface area contributed by atoms with E-state index in [1.54, 1.807) is 17.8 Å². The third-order valence-electron chi connectivity index (χ3n) is 5.24. The first-order chi connectivity index (χ1) is 9.93. The quantitative estimate of drug-likeness (QED) is 0.562. The molecule has 0 spiro atoms. The molecule has 2 aliphatic rings. The summed E-state index contributed by atoms with van der Waals surface area (Å²) in [5.41, 5.74) is 4.80. The van der Waals surface area contributed by atoms with Crippen LogP contribution in [0.2, 0.25) is 0 Å². The highest BCUT2D eigenvalue weighted by atomic mass is 16.3. The number of hydrogen-bond donors (Lipinski definition) is 4. The summed E-state index contributed by atoms with van der Waals surface area (Å²) in [7, 11) is 0. The number of aliphatic hydroxyl groups is 3. The van der Waals surface area contributed by atoms with E-state index in [1.807, 2.05) is 0 Å². The Kier molecular flexibility index (Phi) is 2.28. The summed E-state index contributed by atoms with van der Waals surface area (Å²) in [6, 6.07) is -0.404. The van der Waals surface area contributed by atoms with Crippen molar-refractivity contribution in [2.75, 3.05) is 12.3 Å². The van der Waals surface area contributed by atoms with Crippen LogP contribution in [0.5, 0.6) is 0 Å². The Morgan fingerprint density at radius 2 is 2.19 bits per heavy atom. The molecule has 2 fully saturated rings. The highest BCUT2D eigenvalue weighted by Crippen LogP contribution is 2.70. The standard InChI is InChI=1S/C13H17N5O3/c1-12(21)8(6-2-13(6,3-19)11(12)20)18-5-17-7-9(14)15-4-16-10(7)18/h4-6,8,11,19-21H,2-3H2,1H3,(H2,14,15,16)/t6?,8-,11?,12-,13+/m1/s1. The minimum atomic E-state index is -1.36. The van der Waals surface area contributed by atoms with E-state index in [0.29, 0.717) is 17.6 Å². The fourth-order valence-corrected chi connectivity index (χ4v) is 4.06. The molecular formula is C13H17N5O3. The Bertz CT molecular complexity index is 730. The van der Waals surface area contributed by atoms with Gasteiger partial charge in [0.2, 0.25) is 0 Å². The molecule has 5 atom stereocenters. The molecule has 112 valence electrons. The molecule has 0 amide bonds. The summed E-state index contributed by atoms with van der Waals surface area (Å²) in [6.07, 6.45) is 2.60. The fraction of sp³-hybridized carbons (Fsp3) is 0.615. The van der Waals surface area contributed by atoms with E-state index in [1.165, 1.54) is 6.33 Å². The van der Waals surface area contributed by atoms with Gasteiger partial charge in [0.15, 0.2) is 11.5 Å². The van der Waals surface area contributed by atoms with Crippen LogP contribution in [0.25, 0.3) is 11.2 Å². The number of imidazole rings is 1. The molecule has 0 saturated heterocycles. The molecule has 2 aliphatic carbocycles. The third-order valence-corrected chi connectivity index (χ3v) is 5.24. The van der Waals surface area contributed by atoms with Crippen LogP contribution in [0.1, 0.15) is 19.4 Å². The summed E-state index contributed by atoms with van der Waals surface area (Å²) < 4.78 is 1.74. The lowest BCUT2D eigenvalue weighted by molar-refractivity contribution is -0.0997. The maximum atomic E-state index is 10.7. The molecule has 0 bridgehead atoms. The van der Waals surface area contributed by atoms with Crippen molar-refractivity contribution in [2.45, 2.75) is 31.1 Å². The molecule has 8 nitrogen and oxygen atoms in total. The molecule has 21 heavy (non-hydrogen) atoms. The summed E-state index contributed by atoms with van der Waals surface area (Å²) in [5.74, 6) is 0.266. The van der Waals surface area contributed by atoms with Gasteiger partial charge in [-0.15, -0.1) is 0 Å². The van der Waals surface area contributed by atoms with Gasteiger partial charge in [0, 0.05) is 5.41 Å². The Morgan fingerprint density at radius 1 is 1.43 bits per heavy atom. The number of aromatic nitrogens is 4. The summed E-state index contributed by atoms with van der Waals surface area (Å²) in [6.45, 7) is 1.44. The number of anilines is 1. The van der Waals surface area contributed by atoms with Crippen LogP contribution in [-0.2, 0) is 0 Å². The SMILES string of the molecule is C[C@]1(O)C(O)[C@]2(CO)CC2[C@H]1n1cnc2c(N)ncnc21. The lowest BCUT2D eigenvalue weighted by Gasteiger charge is -2.34. The lowest BCUT2D eigenvalue weighted by Crippen LogP contribution is -2.46. The molecular weight excluding hydrogens is 274 g/mol. The molecule has 0 aromatic carbocycles. The number of nitrogens with zero attached hydrogens (tertiary/aromatic N) is 4. The van der Waals surface area contributed by atoms with Crippen molar-refractivity contribution in [1.82, 2.24) is 19.5 Å². The Morgan fingerprint density at radius 3 is 2.86 bits per heavy atom. The molecule has 2 aromatic heterocycles. The number of rotatable bonds is 2. The second-order valence-corrected chi connectivity index (χ2v) is 6.36. The van der Waals surface area contributed by atoms with Crippen molar-refractivity contribution in [3.63, 3.8) is 0 Å². The van der Waals surface area contributed by atoms with Crippen molar-refractivity contribution in [2.24, 2.45) is 11.3 Å².